The van der Waals surface area contributed by atoms with Gasteiger partial charge in [-0.15, -0.1) is 0 Å². The van der Waals surface area contributed by atoms with Gasteiger partial charge in [-0.2, -0.15) is 0 Å². The van der Waals surface area contributed by atoms with Gasteiger partial charge in [0.05, 0.1) is 12.1 Å². The van der Waals surface area contributed by atoms with Gasteiger partial charge in [0.1, 0.15) is 5.75 Å². The highest BCUT2D eigenvalue weighted by molar-refractivity contribution is 5.87. The van der Waals surface area contributed by atoms with E-state index in [4.69, 9.17) is 0 Å². The van der Waals surface area contributed by atoms with Crippen molar-refractivity contribution >= 4 is 16.6 Å². The van der Waals surface area contributed by atoms with E-state index in [1.54, 1.807) is 16.8 Å². The second kappa shape index (κ2) is 8.60. The number of nitrogens with one attached hydrogen (secondary N) is 1. The van der Waals surface area contributed by atoms with Crippen LogP contribution in [0.2, 0.25) is 0 Å². The van der Waals surface area contributed by atoms with Crippen molar-refractivity contribution in [3.8, 4) is 5.75 Å². The van der Waals surface area contributed by atoms with Crippen LogP contribution in [-0.4, -0.2) is 57.7 Å². The van der Waals surface area contributed by atoms with Gasteiger partial charge in [-0.3, -0.25) is 9.80 Å². The lowest BCUT2D eigenvalue weighted by Gasteiger charge is -2.58. The molecule has 7 aliphatic rings. The van der Waals surface area contributed by atoms with Crippen LogP contribution in [0.5, 0.6) is 5.75 Å². The SMILES string of the molecule is CCC12CCCN3CCc4c(n(c5ccccc45)C(c4c(O)ccc5c4NC4CCC6(CC)CCCN7CCC54C76)C1)C32. The van der Waals surface area contributed by atoms with Crippen molar-refractivity contribution in [2.75, 3.05) is 31.5 Å². The minimum Gasteiger partial charge on any atom is -0.508 e. The number of aromatic hydroxyl groups is 1. The van der Waals surface area contributed by atoms with Crippen LogP contribution < -0.4 is 5.32 Å². The van der Waals surface area contributed by atoms with Crippen molar-refractivity contribution in [1.29, 1.82) is 0 Å². The molecule has 7 unspecified atom stereocenters. The fourth-order valence-corrected chi connectivity index (χ4v) is 13.0. The van der Waals surface area contributed by atoms with E-state index < -0.39 is 0 Å². The molecule has 5 nitrogen and oxygen atoms in total. The Bertz CT molecular complexity index is 1660. The van der Waals surface area contributed by atoms with Gasteiger partial charge in [-0.05, 0) is 124 Å². The number of para-hydroxylation sites is 1. The maximum Gasteiger partial charge on any atom is 0.122 e. The molecule has 10 rings (SSSR count). The molecule has 1 spiro atoms. The average molecular weight is 577 g/mol. The Kier molecular flexibility index (Phi) is 5.16. The first kappa shape index (κ1) is 25.8. The van der Waals surface area contributed by atoms with Gasteiger partial charge in [0, 0.05) is 51.9 Å². The van der Waals surface area contributed by atoms with Gasteiger partial charge in [0.2, 0.25) is 0 Å². The molecule has 2 aromatic carbocycles. The lowest BCUT2D eigenvalue weighted by Crippen LogP contribution is -2.63. The topological polar surface area (TPSA) is 43.7 Å². The zero-order valence-electron chi connectivity index (χ0n) is 26.2. The van der Waals surface area contributed by atoms with Crippen LogP contribution in [0.15, 0.2) is 36.4 Å². The van der Waals surface area contributed by atoms with Gasteiger partial charge in [-0.1, -0.05) is 38.1 Å². The molecule has 0 amide bonds. The summed E-state index contributed by atoms with van der Waals surface area (Å²) in [4.78, 5) is 5.73. The van der Waals surface area contributed by atoms with Gasteiger partial charge < -0.3 is 15.0 Å². The molecule has 7 heterocycles. The van der Waals surface area contributed by atoms with Gasteiger partial charge in [0.15, 0.2) is 0 Å². The minimum absolute atomic E-state index is 0.154. The number of hydrogen-bond acceptors (Lipinski definition) is 4. The van der Waals surface area contributed by atoms with Crippen molar-refractivity contribution < 1.29 is 5.11 Å². The number of piperidine rings is 2. The summed E-state index contributed by atoms with van der Waals surface area (Å²) in [6, 6.07) is 15.4. The highest BCUT2D eigenvalue weighted by Crippen LogP contribution is 2.67. The van der Waals surface area contributed by atoms with E-state index in [9.17, 15) is 5.11 Å². The summed E-state index contributed by atoms with van der Waals surface area (Å²) in [6.07, 6.45) is 14.0. The molecule has 4 fully saturated rings. The monoisotopic (exact) mass is 576 g/mol. The Morgan fingerprint density at radius 2 is 1.70 bits per heavy atom. The number of rotatable bonds is 3. The van der Waals surface area contributed by atoms with Crippen molar-refractivity contribution in [2.24, 2.45) is 10.8 Å². The zero-order chi connectivity index (χ0) is 28.7. The molecule has 1 aromatic heterocycles. The van der Waals surface area contributed by atoms with Gasteiger partial charge in [-0.25, -0.2) is 0 Å². The molecule has 0 bridgehead atoms. The third-order valence-corrected chi connectivity index (χ3v) is 14.6. The first-order chi connectivity index (χ1) is 21.1. The fourth-order valence-electron chi connectivity index (χ4n) is 13.0. The number of nitrogens with zero attached hydrogens (tertiary/aromatic N) is 3. The third-order valence-electron chi connectivity index (χ3n) is 14.6. The molecular formula is C38H48N4O. The number of fused-ring (bicyclic) bond motifs is 4. The second-order valence-corrected chi connectivity index (χ2v) is 15.7. The van der Waals surface area contributed by atoms with Crippen LogP contribution >= 0.6 is 0 Å². The molecule has 1 saturated carbocycles. The van der Waals surface area contributed by atoms with Crippen LogP contribution in [0.1, 0.15) is 113 Å². The number of aromatic nitrogens is 1. The molecule has 3 aromatic rings. The molecule has 5 heteroatoms. The highest BCUT2D eigenvalue weighted by atomic mass is 16.3. The van der Waals surface area contributed by atoms with E-state index in [-0.39, 0.29) is 16.9 Å². The number of benzene rings is 2. The fraction of sp³-hybridized carbons (Fsp3) is 0.632. The van der Waals surface area contributed by atoms with Crippen molar-refractivity contribution in [2.45, 2.75) is 114 Å². The Hall–Kier alpha value is -2.50. The largest absolute Gasteiger partial charge is 0.508 e. The van der Waals surface area contributed by atoms with E-state index in [0.717, 1.165) is 12.8 Å². The second-order valence-electron chi connectivity index (χ2n) is 15.7. The maximum absolute atomic E-state index is 12.0. The third kappa shape index (κ3) is 2.94. The average Bonchev–Trinajstić information content (AvgIpc) is 3.71. The predicted octanol–water partition coefficient (Wildman–Crippen LogP) is 7.52. The van der Waals surface area contributed by atoms with Gasteiger partial charge in [0.25, 0.3) is 0 Å². The van der Waals surface area contributed by atoms with Crippen LogP contribution in [0.4, 0.5) is 5.69 Å². The number of anilines is 1. The molecule has 1 aliphatic carbocycles. The summed E-state index contributed by atoms with van der Waals surface area (Å²) >= 11 is 0. The molecule has 3 saturated heterocycles. The lowest BCUT2D eigenvalue weighted by atomic mass is 9.52. The zero-order valence-corrected chi connectivity index (χ0v) is 26.2. The van der Waals surface area contributed by atoms with Gasteiger partial charge >= 0.3 is 0 Å². The Labute approximate surface area is 256 Å². The Morgan fingerprint density at radius 3 is 2.56 bits per heavy atom. The Morgan fingerprint density at radius 1 is 0.884 bits per heavy atom. The number of phenols is 1. The summed E-state index contributed by atoms with van der Waals surface area (Å²) in [5.74, 6) is 0.506. The van der Waals surface area contributed by atoms with Crippen molar-refractivity contribution in [3.63, 3.8) is 0 Å². The summed E-state index contributed by atoms with van der Waals surface area (Å²) in [7, 11) is 0. The molecule has 43 heavy (non-hydrogen) atoms. The van der Waals surface area contributed by atoms with Crippen LogP contribution in [0.25, 0.3) is 10.9 Å². The maximum atomic E-state index is 12.0. The predicted molar refractivity (Wildman–Crippen MR) is 173 cm³/mol. The summed E-state index contributed by atoms with van der Waals surface area (Å²) < 4.78 is 2.75. The first-order valence-corrected chi connectivity index (χ1v) is 17.8. The molecule has 0 radical (unpaired) electrons. The smallest absolute Gasteiger partial charge is 0.122 e. The highest BCUT2D eigenvalue weighted by Gasteiger charge is 2.67. The van der Waals surface area contributed by atoms with Crippen LogP contribution in [0, 0.1) is 10.8 Å². The molecule has 2 N–H and O–H groups in total. The van der Waals surface area contributed by atoms with Crippen LogP contribution in [-0.2, 0) is 11.8 Å². The first-order valence-electron chi connectivity index (χ1n) is 17.8. The van der Waals surface area contributed by atoms with Crippen molar-refractivity contribution in [3.05, 3.63) is 58.8 Å². The standard InChI is InChI=1S/C38H48N4O/c1-3-36-15-7-20-41-22-18-38(35(36)41)26-11-12-29(43)31(32(26)39-30(38)13-17-36)28-23-37(4-2)16-8-19-40-21-14-25-24-9-5-6-10-27(24)42(28)33(25)34(37)40/h5-6,9-12,28,30,34-35,39,43H,3-4,7-8,13-23H2,1-2H3. The molecule has 226 valence electrons. The van der Waals surface area contributed by atoms with E-state index in [1.165, 1.54) is 106 Å². The summed E-state index contributed by atoms with van der Waals surface area (Å²) in [5.41, 5.74) is 9.49. The summed E-state index contributed by atoms with van der Waals surface area (Å²) in [5, 5.41) is 17.7. The number of hydrogen-bond donors (Lipinski definition) is 2. The molecular weight excluding hydrogens is 528 g/mol. The van der Waals surface area contributed by atoms with E-state index >= 15 is 0 Å². The normalized spacial score (nSPS) is 39.2. The number of phenolic OH excluding ortho intramolecular Hbond substituents is 1. The quantitative estimate of drug-likeness (QED) is 0.339. The van der Waals surface area contributed by atoms with E-state index in [1.807, 2.05) is 0 Å². The minimum atomic E-state index is 0.154. The Balaban J connectivity index is 1.22. The van der Waals surface area contributed by atoms with E-state index in [0.29, 0.717) is 29.3 Å². The molecule has 6 aliphatic heterocycles. The van der Waals surface area contributed by atoms with Crippen LogP contribution in [0.3, 0.4) is 0 Å². The lowest BCUT2D eigenvalue weighted by molar-refractivity contribution is -0.0314. The molecule has 7 atom stereocenters. The summed E-state index contributed by atoms with van der Waals surface area (Å²) in [6.45, 7) is 9.84. The van der Waals surface area contributed by atoms with E-state index in [2.05, 4.69) is 69.9 Å². The van der Waals surface area contributed by atoms with Crippen molar-refractivity contribution in [1.82, 2.24) is 14.4 Å².